The predicted molar refractivity (Wildman–Crippen MR) is 117 cm³/mol. The molecule has 7 heteroatoms. The molecule has 1 saturated heterocycles. The number of hydrogen-bond acceptors (Lipinski definition) is 2. The highest BCUT2D eigenvalue weighted by Gasteiger charge is 2.46. The highest BCUT2D eigenvalue weighted by Crippen LogP contribution is 2.47. The Hall–Kier alpha value is -2.08. The highest BCUT2D eigenvalue weighted by molar-refractivity contribution is 6.39. The lowest BCUT2D eigenvalue weighted by molar-refractivity contribution is 0.180. The summed E-state index contributed by atoms with van der Waals surface area (Å²) in [5, 5.41) is 3.58. The lowest BCUT2D eigenvalue weighted by Crippen LogP contribution is -2.46. The largest absolute Gasteiger partial charge is 0.326 e. The molecular weight excluding hydrogens is 412 g/mol. The summed E-state index contributed by atoms with van der Waals surface area (Å²) in [6.07, 6.45) is 3.61. The maximum atomic E-state index is 14.1. The molecule has 2 aromatic rings. The van der Waals surface area contributed by atoms with Gasteiger partial charge in [-0.2, -0.15) is 0 Å². The number of nitrogens with one attached hydrogen (secondary N) is 1. The molecule has 1 fully saturated rings. The van der Waals surface area contributed by atoms with Gasteiger partial charge in [-0.3, -0.25) is 9.80 Å². The number of likely N-dealkylation sites (tertiary alicyclic amines) is 1. The lowest BCUT2D eigenvalue weighted by Gasteiger charge is -2.39. The zero-order valence-electron chi connectivity index (χ0n) is 15.9. The van der Waals surface area contributed by atoms with E-state index in [0.717, 1.165) is 43.7 Å². The number of nitrogens with zero attached hydrogens (tertiary/aromatic N) is 2. The van der Waals surface area contributed by atoms with E-state index in [1.54, 1.807) is 35.2 Å². The second kappa shape index (κ2) is 7.98. The number of halogens is 3. The van der Waals surface area contributed by atoms with Gasteiger partial charge in [0, 0.05) is 24.2 Å². The summed E-state index contributed by atoms with van der Waals surface area (Å²) in [6.45, 7) is 6.91. The molecule has 2 aliphatic rings. The molecule has 0 atom stereocenters. The molecule has 29 heavy (non-hydrogen) atoms. The maximum Gasteiger partial charge on any atom is 0.326 e. The summed E-state index contributed by atoms with van der Waals surface area (Å²) in [5.74, 6) is -0.284. The second-order valence-corrected chi connectivity index (χ2v) is 8.46. The van der Waals surface area contributed by atoms with Gasteiger partial charge in [0.05, 0.1) is 15.7 Å². The Labute approximate surface area is 179 Å². The Morgan fingerprint density at radius 1 is 1.21 bits per heavy atom. The molecule has 0 unspecified atom stereocenters. The zero-order chi connectivity index (χ0) is 20.6. The van der Waals surface area contributed by atoms with E-state index in [1.807, 2.05) is 6.08 Å². The summed E-state index contributed by atoms with van der Waals surface area (Å²) in [6, 6.07) is 9.41. The van der Waals surface area contributed by atoms with Crippen molar-refractivity contribution >= 4 is 40.6 Å². The van der Waals surface area contributed by atoms with Crippen LogP contribution in [-0.4, -0.2) is 37.1 Å². The Balaban J connectivity index is 1.63. The van der Waals surface area contributed by atoms with Gasteiger partial charge in [-0.05, 0) is 61.8 Å². The van der Waals surface area contributed by atoms with Gasteiger partial charge < -0.3 is 5.32 Å². The normalized spacial score (nSPS) is 18.0. The van der Waals surface area contributed by atoms with E-state index in [9.17, 15) is 9.18 Å². The third kappa shape index (κ3) is 3.75. The maximum absolute atomic E-state index is 14.1. The van der Waals surface area contributed by atoms with Crippen LogP contribution in [0.5, 0.6) is 0 Å². The lowest BCUT2D eigenvalue weighted by atomic mass is 9.74. The van der Waals surface area contributed by atoms with E-state index >= 15 is 0 Å². The molecule has 0 aromatic heterocycles. The third-order valence-electron chi connectivity index (χ3n) is 5.92. The van der Waals surface area contributed by atoms with Gasteiger partial charge in [-0.1, -0.05) is 35.3 Å². The molecule has 4 rings (SSSR count). The van der Waals surface area contributed by atoms with Crippen molar-refractivity contribution in [2.24, 2.45) is 0 Å². The minimum Gasteiger partial charge on any atom is -0.305 e. The summed E-state index contributed by atoms with van der Waals surface area (Å²) >= 11 is 12.4. The van der Waals surface area contributed by atoms with E-state index in [0.29, 0.717) is 22.3 Å². The van der Waals surface area contributed by atoms with E-state index < -0.39 is 0 Å². The third-order valence-corrected chi connectivity index (χ3v) is 6.55. The predicted octanol–water partition coefficient (Wildman–Crippen LogP) is 5.70. The molecule has 4 nitrogen and oxygen atoms in total. The van der Waals surface area contributed by atoms with Crippen LogP contribution in [0.3, 0.4) is 0 Å². The van der Waals surface area contributed by atoms with Gasteiger partial charge in [0.1, 0.15) is 5.82 Å². The van der Waals surface area contributed by atoms with E-state index in [-0.39, 0.29) is 17.3 Å². The Kier molecular flexibility index (Phi) is 5.56. The number of benzene rings is 2. The highest BCUT2D eigenvalue weighted by atomic mass is 35.5. The minimum absolute atomic E-state index is 0.253. The average Bonchev–Trinajstić information content (AvgIpc) is 3.00. The smallest absolute Gasteiger partial charge is 0.305 e. The molecule has 2 aliphatic heterocycles. The first-order valence-electron chi connectivity index (χ1n) is 9.59. The van der Waals surface area contributed by atoms with Crippen molar-refractivity contribution in [3.05, 3.63) is 70.5 Å². The second-order valence-electron chi connectivity index (χ2n) is 7.64. The number of carbonyl (C=O) groups excluding carboxylic acids is 1. The van der Waals surface area contributed by atoms with Crippen molar-refractivity contribution in [2.45, 2.75) is 18.3 Å². The molecule has 0 bridgehead atoms. The fraction of sp³-hybridized carbons (Fsp3) is 0.318. The van der Waals surface area contributed by atoms with Gasteiger partial charge in [-0.25, -0.2) is 9.18 Å². The van der Waals surface area contributed by atoms with Crippen molar-refractivity contribution in [2.75, 3.05) is 36.4 Å². The molecule has 1 spiro atoms. The average molecular weight is 434 g/mol. The van der Waals surface area contributed by atoms with Gasteiger partial charge >= 0.3 is 6.03 Å². The Morgan fingerprint density at radius 2 is 1.90 bits per heavy atom. The molecule has 1 N–H and O–H groups in total. The van der Waals surface area contributed by atoms with E-state index in [4.69, 9.17) is 23.2 Å². The van der Waals surface area contributed by atoms with Crippen LogP contribution < -0.4 is 10.2 Å². The number of hydrogen-bond donors (Lipinski definition) is 1. The van der Waals surface area contributed by atoms with Crippen LogP contribution in [0.15, 0.2) is 49.1 Å². The zero-order valence-corrected chi connectivity index (χ0v) is 17.4. The summed E-state index contributed by atoms with van der Waals surface area (Å²) in [4.78, 5) is 17.1. The number of anilines is 2. The number of fused-ring (bicyclic) bond motifs is 2. The first-order chi connectivity index (χ1) is 13.9. The molecule has 0 aliphatic carbocycles. The molecule has 152 valence electrons. The van der Waals surface area contributed by atoms with E-state index in [1.165, 1.54) is 6.07 Å². The molecule has 0 radical (unpaired) electrons. The number of para-hydroxylation sites is 1. The van der Waals surface area contributed by atoms with Crippen LogP contribution in [0, 0.1) is 5.82 Å². The summed E-state index contributed by atoms with van der Waals surface area (Å²) in [5.41, 5.74) is 1.77. The van der Waals surface area contributed by atoms with Crippen LogP contribution >= 0.6 is 23.2 Å². The van der Waals surface area contributed by atoms with Crippen LogP contribution in [0.4, 0.5) is 20.6 Å². The van der Waals surface area contributed by atoms with Crippen LogP contribution in [0.25, 0.3) is 0 Å². The van der Waals surface area contributed by atoms with Crippen LogP contribution in [0.2, 0.25) is 10.0 Å². The number of carbonyl (C=O) groups is 1. The van der Waals surface area contributed by atoms with Crippen LogP contribution in [-0.2, 0) is 5.41 Å². The number of piperidine rings is 1. The number of urea groups is 1. The Bertz CT molecular complexity index is 937. The molecule has 2 aromatic carbocycles. The monoisotopic (exact) mass is 433 g/mol. The van der Waals surface area contributed by atoms with Crippen molar-refractivity contribution in [3.8, 4) is 0 Å². The van der Waals surface area contributed by atoms with Crippen LogP contribution in [0.1, 0.15) is 18.4 Å². The van der Waals surface area contributed by atoms with Crippen molar-refractivity contribution in [3.63, 3.8) is 0 Å². The van der Waals surface area contributed by atoms with Crippen molar-refractivity contribution in [1.82, 2.24) is 4.90 Å². The van der Waals surface area contributed by atoms with Gasteiger partial charge in [-0.15, -0.1) is 6.58 Å². The SMILES string of the molecule is C=CCN1CCC2(CC1)CN(C(=O)Nc1c(Cl)cccc1Cl)c1ccc(F)cc12. The summed E-state index contributed by atoms with van der Waals surface area (Å²) < 4.78 is 14.1. The molecule has 2 amide bonds. The van der Waals surface area contributed by atoms with Crippen molar-refractivity contribution in [1.29, 1.82) is 0 Å². The van der Waals surface area contributed by atoms with Crippen molar-refractivity contribution < 1.29 is 9.18 Å². The molecule has 0 saturated carbocycles. The van der Waals surface area contributed by atoms with Gasteiger partial charge in [0.25, 0.3) is 0 Å². The molecule has 2 heterocycles. The van der Waals surface area contributed by atoms with E-state index in [2.05, 4.69) is 16.8 Å². The van der Waals surface area contributed by atoms with Gasteiger partial charge in [0.15, 0.2) is 0 Å². The fourth-order valence-corrected chi connectivity index (χ4v) is 4.88. The Morgan fingerprint density at radius 3 is 2.55 bits per heavy atom. The first kappa shape index (κ1) is 20.2. The topological polar surface area (TPSA) is 35.6 Å². The summed E-state index contributed by atoms with van der Waals surface area (Å²) in [7, 11) is 0. The minimum atomic E-state index is -0.321. The number of rotatable bonds is 3. The standard InChI is InChI=1S/C22H22Cl2FN3O/c1-2-10-27-11-8-22(9-12-27)14-28(19-7-6-15(25)13-16(19)22)21(29)26-20-17(23)4-3-5-18(20)24/h2-7,13H,1,8-12,14H2,(H,26,29). The number of amides is 2. The molecular formula is C22H22Cl2FN3O. The van der Waals surface area contributed by atoms with Gasteiger partial charge in [0.2, 0.25) is 0 Å². The first-order valence-corrected chi connectivity index (χ1v) is 10.3. The fourth-order valence-electron chi connectivity index (χ4n) is 4.39. The quantitative estimate of drug-likeness (QED) is 0.629.